The predicted octanol–water partition coefficient (Wildman–Crippen LogP) is 1.08. The Bertz CT molecular complexity index is 1060. The molecule has 0 aromatic carbocycles. The number of aromatic nitrogens is 5. The minimum absolute atomic E-state index is 0.0602. The van der Waals surface area contributed by atoms with E-state index in [-0.39, 0.29) is 11.5 Å². The van der Waals surface area contributed by atoms with E-state index in [4.69, 9.17) is 9.26 Å². The monoisotopic (exact) mass is 378 g/mol. The van der Waals surface area contributed by atoms with Gasteiger partial charge in [-0.25, -0.2) is 27.8 Å². The molecule has 4 heterocycles. The van der Waals surface area contributed by atoms with Gasteiger partial charge in [0.15, 0.2) is 5.82 Å². The average molecular weight is 378 g/mol. The van der Waals surface area contributed by atoms with Crippen molar-refractivity contribution in [1.29, 1.82) is 0 Å². The number of rotatable bonds is 5. The zero-order valence-electron chi connectivity index (χ0n) is 14.3. The maximum Gasteiger partial charge on any atom is 0.257 e. The van der Waals surface area contributed by atoms with Crippen molar-refractivity contribution in [2.24, 2.45) is 0 Å². The average Bonchev–Trinajstić information content (AvgIpc) is 3.19. The maximum atomic E-state index is 12.8. The zero-order chi connectivity index (χ0) is 18.3. The highest BCUT2D eigenvalue weighted by molar-refractivity contribution is 7.89. The lowest BCUT2D eigenvalue weighted by Crippen LogP contribution is -2.33. The highest BCUT2D eigenvalue weighted by Crippen LogP contribution is 2.26. The Morgan fingerprint density at radius 2 is 2.31 bits per heavy atom. The van der Waals surface area contributed by atoms with Crippen LogP contribution >= 0.6 is 0 Å². The molecule has 1 aliphatic rings. The molecule has 4 rings (SSSR count). The fourth-order valence-corrected chi connectivity index (χ4v) is 4.23. The molecule has 0 saturated carbocycles. The molecule has 0 unspecified atom stereocenters. The van der Waals surface area contributed by atoms with E-state index in [1.54, 1.807) is 18.7 Å². The van der Waals surface area contributed by atoms with Crippen LogP contribution in [-0.2, 0) is 27.9 Å². The van der Waals surface area contributed by atoms with Gasteiger partial charge in [-0.3, -0.25) is 0 Å². The molecule has 3 aromatic heterocycles. The maximum absolute atomic E-state index is 12.8. The Labute approximate surface area is 149 Å². The first-order valence-electron chi connectivity index (χ1n) is 8.15. The molecule has 1 aliphatic heterocycles. The summed E-state index contributed by atoms with van der Waals surface area (Å²) in [6.07, 6.45) is 2.71. The summed E-state index contributed by atoms with van der Waals surface area (Å²) in [5, 5.41) is 8.72. The predicted molar refractivity (Wildman–Crippen MR) is 89.6 cm³/mol. The number of sulfonamides is 1. The van der Waals surface area contributed by atoms with E-state index in [0.717, 1.165) is 6.42 Å². The molecule has 0 aliphatic carbocycles. The minimum atomic E-state index is -3.79. The summed E-state index contributed by atoms with van der Waals surface area (Å²) in [5.74, 6) is 1.14. The molecule has 0 fully saturated rings. The van der Waals surface area contributed by atoms with Crippen molar-refractivity contribution in [3.05, 3.63) is 29.6 Å². The van der Waals surface area contributed by atoms with E-state index in [9.17, 15) is 8.42 Å². The molecule has 0 spiro atoms. The number of nitrogens with one attached hydrogen (secondary N) is 1. The highest BCUT2D eigenvalue weighted by atomic mass is 32.2. The fraction of sp³-hybridized carbons (Fsp3) is 0.467. The van der Waals surface area contributed by atoms with Crippen molar-refractivity contribution in [2.45, 2.75) is 43.9 Å². The third kappa shape index (κ3) is 2.97. The van der Waals surface area contributed by atoms with Gasteiger partial charge < -0.3 is 9.26 Å². The van der Waals surface area contributed by atoms with Gasteiger partial charge >= 0.3 is 0 Å². The van der Waals surface area contributed by atoms with Crippen LogP contribution < -0.4 is 4.72 Å². The number of nitrogens with zero attached hydrogens (tertiary/aromatic N) is 5. The molecule has 0 saturated heterocycles. The fourth-order valence-electron chi connectivity index (χ4n) is 3.03. The van der Waals surface area contributed by atoms with Gasteiger partial charge in [0.1, 0.15) is 17.3 Å². The van der Waals surface area contributed by atoms with E-state index in [2.05, 4.69) is 24.9 Å². The van der Waals surface area contributed by atoms with Crippen molar-refractivity contribution < 1.29 is 17.7 Å². The summed E-state index contributed by atoms with van der Waals surface area (Å²) in [6.45, 7) is 2.72. The van der Waals surface area contributed by atoms with Crippen LogP contribution in [0.3, 0.4) is 0 Å². The van der Waals surface area contributed by atoms with Gasteiger partial charge in [0.2, 0.25) is 10.0 Å². The molecule has 3 aromatic rings. The third-order valence-electron chi connectivity index (χ3n) is 4.28. The molecule has 0 amide bonds. The summed E-state index contributed by atoms with van der Waals surface area (Å²) in [5.41, 5.74) is 0.897. The van der Waals surface area contributed by atoms with Gasteiger partial charge in [-0.1, -0.05) is 5.16 Å². The first-order valence-corrected chi connectivity index (χ1v) is 9.63. The van der Waals surface area contributed by atoms with Crippen LogP contribution in [0.15, 0.2) is 21.7 Å². The van der Waals surface area contributed by atoms with Crippen LogP contribution in [0.5, 0.6) is 0 Å². The van der Waals surface area contributed by atoms with Gasteiger partial charge in [-0.2, -0.15) is 5.10 Å². The Morgan fingerprint density at radius 1 is 1.46 bits per heavy atom. The molecule has 138 valence electrons. The van der Waals surface area contributed by atoms with Crippen LogP contribution in [-0.4, -0.2) is 40.4 Å². The Kier molecular flexibility index (Phi) is 4.21. The van der Waals surface area contributed by atoms with Crippen molar-refractivity contribution in [3.8, 4) is 0 Å². The number of ether oxygens (including phenoxy) is 1. The van der Waals surface area contributed by atoms with Crippen LogP contribution in [0.2, 0.25) is 0 Å². The molecule has 11 heteroatoms. The van der Waals surface area contributed by atoms with Gasteiger partial charge in [0.05, 0.1) is 23.3 Å². The molecular formula is C15H18N6O4S. The first-order chi connectivity index (χ1) is 12.5. The van der Waals surface area contributed by atoms with E-state index in [1.165, 1.54) is 12.3 Å². The summed E-state index contributed by atoms with van der Waals surface area (Å²) >= 11 is 0. The second-order valence-corrected chi connectivity index (χ2v) is 7.86. The number of fused-ring (bicyclic) bond motifs is 2. The normalized spacial score (nSPS) is 17.5. The molecular weight excluding hydrogens is 360 g/mol. The number of hydrogen-bond acceptors (Lipinski definition) is 8. The van der Waals surface area contributed by atoms with Crippen molar-refractivity contribution >= 4 is 21.1 Å². The second kappa shape index (κ2) is 6.41. The lowest BCUT2D eigenvalue weighted by molar-refractivity contribution is 0.177. The van der Waals surface area contributed by atoms with Gasteiger partial charge in [-0.05, 0) is 25.8 Å². The summed E-state index contributed by atoms with van der Waals surface area (Å²) < 4.78 is 40.2. The van der Waals surface area contributed by atoms with Crippen molar-refractivity contribution in [3.63, 3.8) is 0 Å². The summed E-state index contributed by atoms with van der Waals surface area (Å²) in [7, 11) is -2.22. The van der Waals surface area contributed by atoms with Crippen molar-refractivity contribution in [2.75, 3.05) is 7.11 Å². The molecule has 1 N–H and O–H groups in total. The second-order valence-electron chi connectivity index (χ2n) is 6.15. The van der Waals surface area contributed by atoms with Gasteiger partial charge in [0.25, 0.3) is 5.71 Å². The van der Waals surface area contributed by atoms with Crippen LogP contribution in [0.1, 0.15) is 36.2 Å². The number of aryl methyl sites for hydroxylation is 2. The van der Waals surface area contributed by atoms with E-state index in [0.29, 0.717) is 41.4 Å². The molecule has 26 heavy (non-hydrogen) atoms. The molecule has 0 bridgehead atoms. The Balaban J connectivity index is 1.64. The van der Waals surface area contributed by atoms with Crippen molar-refractivity contribution in [1.82, 2.24) is 29.6 Å². The standard InChI is InChI=1S/C15H18N6O4S/c1-9-11-6-10(7-16-15(11)25-19-9)26(22,23)20-12-4-3-5-21-14(12)17-13(18-21)8-24-2/h6-7,12,20H,3-5,8H2,1-2H3/t12-/m0/s1. The molecule has 10 nitrogen and oxygen atoms in total. The number of hydrogen-bond donors (Lipinski definition) is 1. The third-order valence-corrected chi connectivity index (χ3v) is 5.72. The summed E-state index contributed by atoms with van der Waals surface area (Å²) in [4.78, 5) is 8.51. The zero-order valence-corrected chi connectivity index (χ0v) is 15.2. The van der Waals surface area contributed by atoms with E-state index >= 15 is 0 Å². The number of pyridine rings is 1. The number of methoxy groups -OCH3 is 1. The molecule has 0 radical (unpaired) electrons. The van der Waals surface area contributed by atoms with Crippen LogP contribution in [0, 0.1) is 6.92 Å². The Hall–Kier alpha value is -2.37. The Morgan fingerprint density at radius 3 is 3.12 bits per heavy atom. The van der Waals surface area contributed by atoms with Gasteiger partial charge in [-0.15, -0.1) is 0 Å². The lowest BCUT2D eigenvalue weighted by Gasteiger charge is -2.22. The topological polar surface area (TPSA) is 125 Å². The quantitative estimate of drug-likeness (QED) is 0.699. The van der Waals surface area contributed by atoms with Crippen LogP contribution in [0.25, 0.3) is 11.1 Å². The minimum Gasteiger partial charge on any atom is -0.377 e. The highest BCUT2D eigenvalue weighted by Gasteiger charge is 2.29. The van der Waals surface area contributed by atoms with E-state index in [1.807, 2.05) is 0 Å². The van der Waals surface area contributed by atoms with E-state index < -0.39 is 16.1 Å². The largest absolute Gasteiger partial charge is 0.377 e. The SMILES string of the molecule is COCc1nc2n(n1)CCC[C@@H]2NS(=O)(=O)c1cnc2onc(C)c2c1. The van der Waals surface area contributed by atoms with Gasteiger partial charge in [0, 0.05) is 13.7 Å². The molecule has 1 atom stereocenters. The first kappa shape index (κ1) is 17.1. The smallest absolute Gasteiger partial charge is 0.257 e. The van der Waals surface area contributed by atoms with Crippen LogP contribution in [0.4, 0.5) is 0 Å². The summed E-state index contributed by atoms with van der Waals surface area (Å²) in [6, 6.07) is 1.06. The lowest BCUT2D eigenvalue weighted by atomic mass is 10.1.